The first kappa shape index (κ1) is 16.5. The van der Waals surface area contributed by atoms with E-state index in [1.54, 1.807) is 31.4 Å². The fourth-order valence-electron chi connectivity index (χ4n) is 2.08. The average Bonchev–Trinajstić information content (AvgIpc) is 3.30. The van der Waals surface area contributed by atoms with Crippen molar-refractivity contribution in [1.82, 2.24) is 10.1 Å². The molecule has 0 bridgehead atoms. The number of hydrogen-bond acceptors (Lipinski definition) is 7. The third kappa shape index (κ3) is 4.57. The molecule has 7 heteroatoms. The van der Waals surface area contributed by atoms with Gasteiger partial charge in [-0.3, -0.25) is 0 Å². The van der Waals surface area contributed by atoms with Gasteiger partial charge in [0, 0.05) is 11.8 Å². The molecule has 0 amide bonds. The summed E-state index contributed by atoms with van der Waals surface area (Å²) in [4.78, 5) is 15.5. The first-order valence-corrected chi connectivity index (χ1v) is 7.80. The van der Waals surface area contributed by atoms with E-state index in [-0.39, 0.29) is 5.97 Å². The highest BCUT2D eigenvalue weighted by molar-refractivity contribution is 5.87. The highest BCUT2D eigenvalue weighted by Gasteiger charge is 2.10. The van der Waals surface area contributed by atoms with Gasteiger partial charge in [0.15, 0.2) is 5.76 Å². The van der Waals surface area contributed by atoms with Gasteiger partial charge in [-0.2, -0.15) is 4.98 Å². The number of benzene rings is 1. The van der Waals surface area contributed by atoms with Crippen LogP contribution in [0.3, 0.4) is 0 Å². The largest absolute Gasteiger partial charge is 0.463 e. The summed E-state index contributed by atoms with van der Waals surface area (Å²) in [5.41, 5.74) is 1.79. The van der Waals surface area contributed by atoms with E-state index >= 15 is 0 Å². The van der Waals surface area contributed by atoms with Crippen LogP contribution in [-0.4, -0.2) is 22.7 Å². The van der Waals surface area contributed by atoms with Crippen LogP contribution < -0.4 is 5.32 Å². The molecule has 0 fully saturated rings. The maximum absolute atomic E-state index is 11.3. The maximum atomic E-state index is 11.3. The van der Waals surface area contributed by atoms with Crippen LogP contribution >= 0.6 is 0 Å². The van der Waals surface area contributed by atoms with Gasteiger partial charge in [0.25, 0.3) is 0 Å². The summed E-state index contributed by atoms with van der Waals surface area (Å²) in [6.07, 6.45) is 4.66. The number of hydrogen-bond donors (Lipinski definition) is 1. The van der Waals surface area contributed by atoms with Crippen LogP contribution in [0.4, 0.5) is 5.69 Å². The first-order valence-electron chi connectivity index (χ1n) is 7.80. The molecular formula is C18H17N3O4. The molecule has 128 valence electrons. The molecule has 0 atom stereocenters. The summed E-state index contributed by atoms with van der Waals surface area (Å²) in [5.74, 6) is 1.08. The third-order valence-electron chi connectivity index (χ3n) is 3.26. The van der Waals surface area contributed by atoms with Crippen LogP contribution in [0.15, 0.2) is 57.7 Å². The van der Waals surface area contributed by atoms with Crippen molar-refractivity contribution in [1.29, 1.82) is 0 Å². The van der Waals surface area contributed by atoms with Crippen molar-refractivity contribution < 1.29 is 18.5 Å². The maximum Gasteiger partial charge on any atom is 0.330 e. The normalized spacial score (nSPS) is 10.9. The van der Waals surface area contributed by atoms with Gasteiger partial charge in [0.05, 0.1) is 19.4 Å². The van der Waals surface area contributed by atoms with E-state index in [0.29, 0.717) is 30.6 Å². The van der Waals surface area contributed by atoms with Crippen LogP contribution in [0, 0.1) is 0 Å². The van der Waals surface area contributed by atoms with Crippen molar-refractivity contribution in [2.24, 2.45) is 0 Å². The van der Waals surface area contributed by atoms with Gasteiger partial charge < -0.3 is 19.0 Å². The second kappa shape index (κ2) is 7.96. The highest BCUT2D eigenvalue weighted by Crippen LogP contribution is 2.17. The summed E-state index contributed by atoms with van der Waals surface area (Å²) in [5, 5.41) is 7.06. The lowest BCUT2D eigenvalue weighted by molar-refractivity contribution is -0.137. The van der Waals surface area contributed by atoms with E-state index in [9.17, 15) is 4.79 Å². The Labute approximate surface area is 144 Å². The van der Waals surface area contributed by atoms with Crippen LogP contribution in [0.5, 0.6) is 0 Å². The Morgan fingerprint density at radius 3 is 2.84 bits per heavy atom. The molecular weight excluding hydrogens is 322 g/mol. The Hall–Kier alpha value is -3.35. The fourth-order valence-corrected chi connectivity index (χ4v) is 2.08. The molecule has 0 unspecified atom stereocenters. The van der Waals surface area contributed by atoms with Crippen molar-refractivity contribution in [2.45, 2.75) is 13.5 Å². The quantitative estimate of drug-likeness (QED) is 0.520. The van der Waals surface area contributed by atoms with Gasteiger partial charge in [0.1, 0.15) is 0 Å². The topological polar surface area (TPSA) is 90.4 Å². The fraction of sp³-hybridized carbons (Fsp3) is 0.167. The second-order valence-electron chi connectivity index (χ2n) is 5.05. The number of furan rings is 1. The molecule has 2 aromatic heterocycles. The molecule has 0 saturated heterocycles. The summed E-state index contributed by atoms with van der Waals surface area (Å²) < 4.78 is 15.2. The van der Waals surface area contributed by atoms with Gasteiger partial charge in [-0.05, 0) is 42.8 Å². The average molecular weight is 339 g/mol. The van der Waals surface area contributed by atoms with E-state index < -0.39 is 0 Å². The predicted molar refractivity (Wildman–Crippen MR) is 91.4 cm³/mol. The molecule has 0 radical (unpaired) electrons. The van der Waals surface area contributed by atoms with Crippen molar-refractivity contribution in [2.75, 3.05) is 11.9 Å². The highest BCUT2D eigenvalue weighted by atomic mass is 16.5. The number of esters is 1. The first-order chi connectivity index (χ1) is 12.2. The molecule has 3 rings (SSSR count). The third-order valence-corrected chi connectivity index (χ3v) is 3.26. The molecule has 0 aliphatic heterocycles. The number of aromatic nitrogens is 2. The van der Waals surface area contributed by atoms with Crippen molar-refractivity contribution in [3.63, 3.8) is 0 Å². The standard InChI is InChI=1S/C18H17N3O4/c1-2-23-17(22)10-7-13-5-8-14(9-6-13)19-12-16-20-18(21-25-16)15-4-3-11-24-15/h3-11,19H,2,12H2,1H3/b10-7-. The van der Waals surface area contributed by atoms with Gasteiger partial charge >= 0.3 is 5.97 Å². The Bertz CT molecular complexity index is 836. The van der Waals surface area contributed by atoms with Gasteiger partial charge in [0.2, 0.25) is 11.7 Å². The number of carbonyl (C=O) groups excluding carboxylic acids is 1. The number of nitrogens with zero attached hydrogens (tertiary/aromatic N) is 2. The Morgan fingerprint density at radius 1 is 1.28 bits per heavy atom. The zero-order chi connectivity index (χ0) is 17.5. The van der Waals surface area contributed by atoms with Crippen LogP contribution in [0.1, 0.15) is 18.4 Å². The molecule has 3 aromatic rings. The Kier molecular flexibility index (Phi) is 5.26. The minimum absolute atomic E-state index is 0.353. The number of ether oxygens (including phenoxy) is 1. The predicted octanol–water partition coefficient (Wildman–Crippen LogP) is 3.52. The lowest BCUT2D eigenvalue weighted by Gasteiger charge is -2.03. The van der Waals surface area contributed by atoms with Crippen molar-refractivity contribution in [3.8, 4) is 11.6 Å². The Balaban J connectivity index is 1.54. The monoisotopic (exact) mass is 339 g/mol. The lowest BCUT2D eigenvalue weighted by Crippen LogP contribution is -2.00. The minimum atomic E-state index is -0.353. The molecule has 0 aliphatic rings. The SMILES string of the molecule is CCOC(=O)/C=C\c1ccc(NCc2nc(-c3ccco3)no2)cc1. The van der Waals surface area contributed by atoms with Crippen molar-refractivity contribution >= 4 is 17.7 Å². The van der Waals surface area contributed by atoms with Crippen LogP contribution in [-0.2, 0) is 16.1 Å². The molecule has 0 aliphatic carbocycles. The Morgan fingerprint density at radius 2 is 2.12 bits per heavy atom. The number of anilines is 1. The molecule has 1 N–H and O–H groups in total. The molecule has 2 heterocycles. The molecule has 0 spiro atoms. The van der Waals surface area contributed by atoms with Crippen molar-refractivity contribution in [3.05, 3.63) is 60.2 Å². The number of carbonyl (C=O) groups is 1. The zero-order valence-electron chi connectivity index (χ0n) is 13.6. The van der Waals surface area contributed by atoms with E-state index in [0.717, 1.165) is 11.3 Å². The van der Waals surface area contributed by atoms with Gasteiger partial charge in [-0.1, -0.05) is 17.3 Å². The van der Waals surface area contributed by atoms with Gasteiger partial charge in [-0.25, -0.2) is 4.79 Å². The molecule has 0 saturated carbocycles. The zero-order valence-corrected chi connectivity index (χ0v) is 13.6. The summed E-state index contributed by atoms with van der Waals surface area (Å²) >= 11 is 0. The molecule has 25 heavy (non-hydrogen) atoms. The van der Waals surface area contributed by atoms with Crippen LogP contribution in [0.2, 0.25) is 0 Å². The summed E-state index contributed by atoms with van der Waals surface area (Å²) in [6, 6.07) is 11.1. The number of nitrogens with one attached hydrogen (secondary N) is 1. The number of rotatable bonds is 7. The molecule has 7 nitrogen and oxygen atoms in total. The van der Waals surface area contributed by atoms with E-state index in [2.05, 4.69) is 15.5 Å². The second-order valence-corrected chi connectivity index (χ2v) is 5.05. The van der Waals surface area contributed by atoms with Gasteiger partial charge in [-0.15, -0.1) is 0 Å². The van der Waals surface area contributed by atoms with E-state index in [1.807, 2.05) is 24.3 Å². The summed E-state index contributed by atoms with van der Waals surface area (Å²) in [7, 11) is 0. The smallest absolute Gasteiger partial charge is 0.330 e. The minimum Gasteiger partial charge on any atom is -0.463 e. The van der Waals surface area contributed by atoms with E-state index in [1.165, 1.54) is 6.08 Å². The summed E-state index contributed by atoms with van der Waals surface area (Å²) in [6.45, 7) is 2.53. The van der Waals surface area contributed by atoms with E-state index in [4.69, 9.17) is 13.7 Å². The van der Waals surface area contributed by atoms with Crippen LogP contribution in [0.25, 0.3) is 17.7 Å². The lowest BCUT2D eigenvalue weighted by atomic mass is 10.2. The molecule has 1 aromatic carbocycles.